The Morgan fingerprint density at radius 2 is 1.73 bits per heavy atom. The summed E-state index contributed by atoms with van der Waals surface area (Å²) < 4.78 is 25.6. The van der Waals surface area contributed by atoms with Gasteiger partial charge >= 0.3 is 0 Å². The molecule has 1 aromatic rings. The molecular weight excluding hydrogens is 202 g/mol. The number of hydrogen-bond donors (Lipinski definition) is 3. The van der Waals surface area contributed by atoms with Crippen LogP contribution in [0.4, 0.5) is 8.78 Å². The zero-order valence-electron chi connectivity index (χ0n) is 8.16. The van der Waals surface area contributed by atoms with Crippen LogP contribution in [0.15, 0.2) is 18.2 Å². The lowest BCUT2D eigenvalue weighted by atomic mass is 10.0. The predicted molar refractivity (Wildman–Crippen MR) is 53.1 cm³/mol. The third-order valence-corrected chi connectivity index (χ3v) is 2.13. The highest BCUT2D eigenvalue weighted by atomic mass is 19.1. The molecule has 0 aromatic heterocycles. The van der Waals surface area contributed by atoms with Crippen molar-refractivity contribution >= 4 is 0 Å². The molecule has 84 valence electrons. The minimum atomic E-state index is -0.865. The lowest BCUT2D eigenvalue weighted by Gasteiger charge is -2.16. The molecule has 0 fully saturated rings. The Morgan fingerprint density at radius 3 is 2.20 bits per heavy atom. The van der Waals surface area contributed by atoms with Crippen molar-refractivity contribution in [3.8, 4) is 0 Å². The summed E-state index contributed by atoms with van der Waals surface area (Å²) in [4.78, 5) is 0. The van der Waals surface area contributed by atoms with E-state index in [-0.39, 0.29) is 13.0 Å². The van der Waals surface area contributed by atoms with E-state index >= 15 is 0 Å². The molecule has 1 rings (SSSR count). The number of aliphatic hydroxyl groups excluding tert-OH is 1. The molecule has 0 aliphatic rings. The minimum Gasteiger partial charge on any atom is -0.390 e. The van der Waals surface area contributed by atoms with E-state index in [4.69, 9.17) is 11.5 Å². The highest BCUT2D eigenvalue weighted by Crippen LogP contribution is 2.10. The van der Waals surface area contributed by atoms with Gasteiger partial charge in [-0.3, -0.25) is 0 Å². The standard InChI is InChI=1S/C10H14F2N2O/c11-7-1-6(2-8(12)4-7)3-9(14)10(15)5-13/h1-2,4,9-10,15H,3,5,13-14H2. The number of rotatable bonds is 4. The highest BCUT2D eigenvalue weighted by molar-refractivity contribution is 5.19. The Morgan fingerprint density at radius 1 is 1.20 bits per heavy atom. The number of hydrogen-bond acceptors (Lipinski definition) is 3. The third-order valence-electron chi connectivity index (χ3n) is 2.13. The minimum absolute atomic E-state index is 0.0268. The summed E-state index contributed by atoms with van der Waals surface area (Å²) >= 11 is 0. The molecular formula is C10H14F2N2O. The van der Waals surface area contributed by atoms with Gasteiger partial charge in [0, 0.05) is 18.7 Å². The number of nitrogens with two attached hydrogens (primary N) is 2. The van der Waals surface area contributed by atoms with Crippen molar-refractivity contribution in [1.29, 1.82) is 0 Å². The second-order valence-corrected chi connectivity index (χ2v) is 3.45. The second kappa shape index (κ2) is 5.16. The van der Waals surface area contributed by atoms with Gasteiger partial charge in [0.25, 0.3) is 0 Å². The van der Waals surface area contributed by atoms with Gasteiger partial charge in [-0.15, -0.1) is 0 Å². The van der Waals surface area contributed by atoms with Gasteiger partial charge in [-0.05, 0) is 24.1 Å². The zero-order chi connectivity index (χ0) is 11.4. The van der Waals surface area contributed by atoms with E-state index in [0.717, 1.165) is 6.07 Å². The maximum absolute atomic E-state index is 12.8. The number of benzene rings is 1. The van der Waals surface area contributed by atoms with Crippen LogP contribution in [0, 0.1) is 11.6 Å². The van der Waals surface area contributed by atoms with Crippen LogP contribution < -0.4 is 11.5 Å². The average Bonchev–Trinajstić information content (AvgIpc) is 2.14. The van der Waals surface area contributed by atoms with Gasteiger partial charge in [0.2, 0.25) is 0 Å². The van der Waals surface area contributed by atoms with Crippen LogP contribution in [-0.4, -0.2) is 23.8 Å². The van der Waals surface area contributed by atoms with Crippen molar-refractivity contribution in [3.63, 3.8) is 0 Å². The lowest BCUT2D eigenvalue weighted by Crippen LogP contribution is -2.41. The molecule has 3 nitrogen and oxygen atoms in total. The van der Waals surface area contributed by atoms with E-state index in [0.29, 0.717) is 5.56 Å². The SMILES string of the molecule is NCC(O)C(N)Cc1cc(F)cc(F)c1. The third kappa shape index (κ3) is 3.54. The Bertz CT molecular complexity index is 313. The molecule has 0 amide bonds. The summed E-state index contributed by atoms with van der Waals surface area (Å²) in [6.07, 6.45) is -0.677. The highest BCUT2D eigenvalue weighted by Gasteiger charge is 2.14. The first kappa shape index (κ1) is 12.0. The Labute approximate surface area is 86.7 Å². The van der Waals surface area contributed by atoms with Crippen LogP contribution in [0.3, 0.4) is 0 Å². The summed E-state index contributed by atoms with van der Waals surface area (Å²) in [5.41, 5.74) is 11.2. The lowest BCUT2D eigenvalue weighted by molar-refractivity contribution is 0.152. The van der Waals surface area contributed by atoms with Crippen LogP contribution in [0.25, 0.3) is 0 Å². The Balaban J connectivity index is 2.72. The molecule has 5 heteroatoms. The van der Waals surface area contributed by atoms with Crippen LogP contribution in [0.5, 0.6) is 0 Å². The van der Waals surface area contributed by atoms with Crippen molar-refractivity contribution in [2.75, 3.05) is 6.54 Å². The molecule has 0 radical (unpaired) electrons. The van der Waals surface area contributed by atoms with E-state index in [9.17, 15) is 13.9 Å². The van der Waals surface area contributed by atoms with Gasteiger partial charge in [0.05, 0.1) is 6.10 Å². The fourth-order valence-electron chi connectivity index (χ4n) is 1.31. The molecule has 15 heavy (non-hydrogen) atoms. The zero-order valence-corrected chi connectivity index (χ0v) is 8.16. The van der Waals surface area contributed by atoms with E-state index in [1.807, 2.05) is 0 Å². The van der Waals surface area contributed by atoms with Gasteiger partial charge in [-0.1, -0.05) is 0 Å². The fourth-order valence-corrected chi connectivity index (χ4v) is 1.31. The molecule has 1 aromatic carbocycles. The van der Waals surface area contributed by atoms with Crippen LogP contribution in [0.1, 0.15) is 5.56 Å². The summed E-state index contributed by atoms with van der Waals surface area (Å²) in [6.45, 7) is 0.0268. The molecule has 0 heterocycles. The number of aliphatic hydroxyl groups is 1. The normalized spacial score (nSPS) is 15.0. The van der Waals surface area contributed by atoms with Crippen LogP contribution in [0.2, 0.25) is 0 Å². The van der Waals surface area contributed by atoms with Crippen molar-refractivity contribution < 1.29 is 13.9 Å². The average molecular weight is 216 g/mol. The van der Waals surface area contributed by atoms with Crippen molar-refractivity contribution in [1.82, 2.24) is 0 Å². The molecule has 0 aliphatic carbocycles. The molecule has 2 atom stereocenters. The summed E-state index contributed by atoms with van der Waals surface area (Å²) in [5, 5.41) is 9.29. The van der Waals surface area contributed by atoms with Crippen molar-refractivity contribution in [2.24, 2.45) is 11.5 Å². The van der Waals surface area contributed by atoms with Crippen LogP contribution in [-0.2, 0) is 6.42 Å². The molecule has 0 aliphatic heterocycles. The van der Waals surface area contributed by atoms with Gasteiger partial charge in [0.15, 0.2) is 0 Å². The second-order valence-electron chi connectivity index (χ2n) is 3.45. The summed E-state index contributed by atoms with van der Waals surface area (Å²) in [7, 11) is 0. The first-order valence-electron chi connectivity index (χ1n) is 4.61. The first-order chi connectivity index (χ1) is 7.02. The van der Waals surface area contributed by atoms with Gasteiger partial charge in [0.1, 0.15) is 11.6 Å². The summed E-state index contributed by atoms with van der Waals surface area (Å²) in [6, 6.07) is 2.54. The van der Waals surface area contributed by atoms with E-state index in [1.165, 1.54) is 12.1 Å². The van der Waals surface area contributed by atoms with Gasteiger partial charge < -0.3 is 16.6 Å². The molecule has 0 bridgehead atoms. The maximum atomic E-state index is 12.8. The first-order valence-corrected chi connectivity index (χ1v) is 4.61. The molecule has 0 spiro atoms. The largest absolute Gasteiger partial charge is 0.390 e. The predicted octanol–water partition coefficient (Wildman–Crippen LogP) is 0.154. The van der Waals surface area contributed by atoms with Gasteiger partial charge in [-0.2, -0.15) is 0 Å². The van der Waals surface area contributed by atoms with Crippen molar-refractivity contribution in [2.45, 2.75) is 18.6 Å². The monoisotopic (exact) mass is 216 g/mol. The Hall–Kier alpha value is -1.04. The molecule has 5 N–H and O–H groups in total. The van der Waals surface area contributed by atoms with E-state index in [2.05, 4.69) is 0 Å². The summed E-state index contributed by atoms with van der Waals surface area (Å²) in [5.74, 6) is -1.31. The molecule has 2 unspecified atom stereocenters. The van der Waals surface area contributed by atoms with E-state index in [1.54, 1.807) is 0 Å². The maximum Gasteiger partial charge on any atom is 0.126 e. The van der Waals surface area contributed by atoms with Crippen molar-refractivity contribution in [3.05, 3.63) is 35.4 Å². The van der Waals surface area contributed by atoms with E-state index < -0.39 is 23.8 Å². The van der Waals surface area contributed by atoms with Crippen LogP contribution >= 0.6 is 0 Å². The fraction of sp³-hybridized carbons (Fsp3) is 0.400. The smallest absolute Gasteiger partial charge is 0.126 e. The quantitative estimate of drug-likeness (QED) is 0.671. The Kier molecular flexibility index (Phi) is 4.14. The topological polar surface area (TPSA) is 72.3 Å². The molecule has 0 saturated carbocycles. The van der Waals surface area contributed by atoms with Gasteiger partial charge in [-0.25, -0.2) is 8.78 Å². The molecule has 0 saturated heterocycles. The number of halogens is 2.